The molecule has 0 saturated heterocycles. The zero-order valence-corrected chi connectivity index (χ0v) is 13.2. The molecule has 1 N–H and O–H groups in total. The van der Waals surface area contributed by atoms with Crippen LogP contribution in [-0.2, 0) is 6.54 Å². The van der Waals surface area contributed by atoms with Crippen molar-refractivity contribution in [1.29, 1.82) is 0 Å². The van der Waals surface area contributed by atoms with Crippen LogP contribution >= 0.6 is 0 Å². The summed E-state index contributed by atoms with van der Waals surface area (Å²) in [6.07, 6.45) is 3.64. The average Bonchev–Trinajstić information content (AvgIpc) is 2.97. The van der Waals surface area contributed by atoms with Crippen molar-refractivity contribution in [2.24, 2.45) is 0 Å². The van der Waals surface area contributed by atoms with E-state index in [0.717, 1.165) is 22.5 Å². The Morgan fingerprint density at radius 1 is 1.30 bits per heavy atom. The summed E-state index contributed by atoms with van der Waals surface area (Å²) in [7, 11) is 0. The quantitative estimate of drug-likeness (QED) is 0.788. The van der Waals surface area contributed by atoms with Crippen molar-refractivity contribution >= 4 is 11.6 Å². The number of rotatable bonds is 5. The number of hydrogen-bond acceptors (Lipinski definition) is 3. The monoisotopic (exact) mass is 309 g/mol. The molecule has 3 aromatic rings. The second-order valence-electron chi connectivity index (χ2n) is 5.32. The normalized spacial score (nSPS) is 10.7. The highest BCUT2D eigenvalue weighted by Crippen LogP contribution is 2.17. The number of nitrogens with one attached hydrogen (secondary N) is 1. The first-order valence-corrected chi connectivity index (χ1v) is 7.61. The van der Waals surface area contributed by atoms with Crippen LogP contribution in [0.1, 0.15) is 28.5 Å². The molecule has 3 rings (SSSR count). The van der Waals surface area contributed by atoms with E-state index in [1.807, 2.05) is 60.8 Å². The number of imidazole rings is 1. The number of benzene rings is 1. The summed E-state index contributed by atoms with van der Waals surface area (Å²) in [6, 6.07) is 11.6. The lowest BCUT2D eigenvalue weighted by molar-refractivity contribution is 0.0946. The minimum absolute atomic E-state index is 0.197. The summed E-state index contributed by atoms with van der Waals surface area (Å²) in [6.45, 7) is 4.94. The van der Waals surface area contributed by atoms with Gasteiger partial charge in [0.25, 0.3) is 5.91 Å². The summed E-state index contributed by atoms with van der Waals surface area (Å²) in [5.41, 5.74) is 3.23. The third kappa shape index (κ3) is 3.34. The molecule has 0 bridgehead atoms. The molecule has 0 aliphatic rings. The van der Waals surface area contributed by atoms with E-state index < -0.39 is 0 Å². The lowest BCUT2D eigenvalue weighted by Crippen LogP contribution is -2.23. The first-order chi connectivity index (χ1) is 11.2. The van der Waals surface area contributed by atoms with E-state index in [-0.39, 0.29) is 5.91 Å². The van der Waals surface area contributed by atoms with Gasteiger partial charge in [-0.1, -0.05) is 18.2 Å². The van der Waals surface area contributed by atoms with Crippen molar-refractivity contribution < 1.29 is 9.53 Å². The largest absolute Gasteiger partial charge is 0.494 e. The van der Waals surface area contributed by atoms with Gasteiger partial charge in [-0.2, -0.15) is 0 Å². The van der Waals surface area contributed by atoms with Crippen LogP contribution in [0.2, 0.25) is 0 Å². The zero-order chi connectivity index (χ0) is 16.2. The Kier molecular flexibility index (Phi) is 4.28. The minimum atomic E-state index is -0.197. The van der Waals surface area contributed by atoms with Gasteiger partial charge in [-0.25, -0.2) is 4.98 Å². The Morgan fingerprint density at radius 2 is 2.13 bits per heavy atom. The molecule has 1 amide bonds. The summed E-state index contributed by atoms with van der Waals surface area (Å²) in [5, 5.41) is 2.89. The SMILES string of the molecule is CCOc1ccccc1CNC(=O)c1cn2ccc(C)cc2n1. The molecule has 0 fully saturated rings. The minimum Gasteiger partial charge on any atom is -0.494 e. The van der Waals surface area contributed by atoms with Gasteiger partial charge in [0.05, 0.1) is 6.61 Å². The molecule has 23 heavy (non-hydrogen) atoms. The lowest BCUT2D eigenvalue weighted by atomic mass is 10.2. The van der Waals surface area contributed by atoms with Crippen LogP contribution in [0.25, 0.3) is 5.65 Å². The first-order valence-electron chi connectivity index (χ1n) is 7.61. The molecule has 5 heteroatoms. The number of amides is 1. The summed E-state index contributed by atoms with van der Waals surface area (Å²) < 4.78 is 7.41. The Morgan fingerprint density at radius 3 is 2.96 bits per heavy atom. The van der Waals surface area contributed by atoms with Gasteiger partial charge in [-0.3, -0.25) is 4.79 Å². The molecule has 2 aromatic heterocycles. The number of hydrogen-bond donors (Lipinski definition) is 1. The number of ether oxygens (including phenoxy) is 1. The summed E-state index contributed by atoms with van der Waals surface area (Å²) in [4.78, 5) is 16.7. The highest BCUT2D eigenvalue weighted by molar-refractivity contribution is 5.92. The predicted molar refractivity (Wildman–Crippen MR) is 88.7 cm³/mol. The molecular weight excluding hydrogens is 290 g/mol. The zero-order valence-electron chi connectivity index (χ0n) is 13.2. The van der Waals surface area contributed by atoms with E-state index in [9.17, 15) is 4.79 Å². The molecule has 0 aliphatic heterocycles. The van der Waals surface area contributed by atoms with Crippen molar-refractivity contribution in [2.75, 3.05) is 6.61 Å². The second-order valence-corrected chi connectivity index (χ2v) is 5.32. The Bertz CT molecular complexity index is 839. The smallest absolute Gasteiger partial charge is 0.271 e. The van der Waals surface area contributed by atoms with Crippen LogP contribution in [0, 0.1) is 6.92 Å². The van der Waals surface area contributed by atoms with Crippen LogP contribution in [0.15, 0.2) is 48.8 Å². The Labute approximate surface area is 134 Å². The maximum absolute atomic E-state index is 12.3. The number of nitrogens with zero attached hydrogens (tertiary/aromatic N) is 2. The number of pyridine rings is 1. The van der Waals surface area contributed by atoms with Crippen LogP contribution in [0.3, 0.4) is 0 Å². The summed E-state index contributed by atoms with van der Waals surface area (Å²) >= 11 is 0. The maximum atomic E-state index is 12.3. The third-order valence-electron chi connectivity index (χ3n) is 3.56. The lowest BCUT2D eigenvalue weighted by Gasteiger charge is -2.10. The number of aromatic nitrogens is 2. The Hall–Kier alpha value is -2.82. The molecule has 2 heterocycles. The van der Waals surface area contributed by atoms with Gasteiger partial charge >= 0.3 is 0 Å². The van der Waals surface area contributed by atoms with E-state index in [1.165, 1.54) is 0 Å². The van der Waals surface area contributed by atoms with Crippen molar-refractivity contribution in [1.82, 2.24) is 14.7 Å². The highest BCUT2D eigenvalue weighted by atomic mass is 16.5. The third-order valence-corrected chi connectivity index (χ3v) is 3.56. The topological polar surface area (TPSA) is 55.6 Å². The molecular formula is C18H19N3O2. The molecule has 0 atom stereocenters. The van der Waals surface area contributed by atoms with Gasteiger partial charge in [-0.15, -0.1) is 0 Å². The van der Waals surface area contributed by atoms with Gasteiger partial charge in [0.15, 0.2) is 0 Å². The molecule has 0 aliphatic carbocycles. The standard InChI is InChI=1S/C18H19N3O2/c1-3-23-16-7-5-4-6-14(16)11-19-18(22)15-12-21-9-8-13(2)10-17(21)20-15/h4-10,12H,3,11H2,1-2H3,(H,19,22). The van der Waals surface area contributed by atoms with Gasteiger partial charge in [-0.05, 0) is 37.6 Å². The number of carbonyl (C=O) groups excluding carboxylic acids is 1. The van der Waals surface area contributed by atoms with Crippen LogP contribution in [0.5, 0.6) is 5.75 Å². The van der Waals surface area contributed by atoms with Crippen LogP contribution in [-0.4, -0.2) is 21.9 Å². The molecule has 0 saturated carbocycles. The highest BCUT2D eigenvalue weighted by Gasteiger charge is 2.11. The van der Waals surface area contributed by atoms with E-state index >= 15 is 0 Å². The van der Waals surface area contributed by atoms with Gasteiger partial charge in [0.1, 0.15) is 17.1 Å². The van der Waals surface area contributed by atoms with E-state index in [1.54, 1.807) is 6.20 Å². The number of aryl methyl sites for hydroxylation is 1. The van der Waals surface area contributed by atoms with Crippen molar-refractivity contribution in [3.63, 3.8) is 0 Å². The Balaban J connectivity index is 1.73. The number of carbonyl (C=O) groups is 1. The van der Waals surface area contributed by atoms with Gasteiger partial charge in [0.2, 0.25) is 0 Å². The molecule has 1 aromatic carbocycles. The number of fused-ring (bicyclic) bond motifs is 1. The second kappa shape index (κ2) is 6.52. The first kappa shape index (κ1) is 15.1. The van der Waals surface area contributed by atoms with Crippen LogP contribution in [0.4, 0.5) is 0 Å². The molecule has 0 unspecified atom stereocenters. The van der Waals surface area contributed by atoms with Crippen molar-refractivity contribution in [3.8, 4) is 5.75 Å². The van der Waals surface area contributed by atoms with Crippen molar-refractivity contribution in [2.45, 2.75) is 20.4 Å². The predicted octanol–water partition coefficient (Wildman–Crippen LogP) is 2.97. The molecule has 0 radical (unpaired) electrons. The van der Waals surface area contributed by atoms with Gasteiger partial charge < -0.3 is 14.5 Å². The fourth-order valence-electron chi connectivity index (χ4n) is 2.41. The van der Waals surface area contributed by atoms with E-state index in [4.69, 9.17) is 4.74 Å². The van der Waals surface area contributed by atoms with Crippen LogP contribution < -0.4 is 10.1 Å². The van der Waals surface area contributed by atoms with E-state index in [0.29, 0.717) is 18.8 Å². The fourth-order valence-corrected chi connectivity index (χ4v) is 2.41. The van der Waals surface area contributed by atoms with Gasteiger partial charge in [0, 0.05) is 24.5 Å². The van der Waals surface area contributed by atoms with E-state index in [2.05, 4.69) is 10.3 Å². The molecule has 5 nitrogen and oxygen atoms in total. The fraction of sp³-hybridized carbons (Fsp3) is 0.222. The summed E-state index contributed by atoms with van der Waals surface area (Å²) in [5.74, 6) is 0.596. The average molecular weight is 309 g/mol. The molecule has 118 valence electrons. The maximum Gasteiger partial charge on any atom is 0.271 e. The molecule has 0 spiro atoms. The van der Waals surface area contributed by atoms with Crippen molar-refractivity contribution in [3.05, 3.63) is 65.6 Å². The number of para-hydroxylation sites is 1.